The van der Waals surface area contributed by atoms with Gasteiger partial charge in [-0.3, -0.25) is 4.79 Å². The second kappa shape index (κ2) is 9.90. The van der Waals surface area contributed by atoms with Crippen LogP contribution in [-0.2, 0) is 16.6 Å². The summed E-state index contributed by atoms with van der Waals surface area (Å²) in [5, 5.41) is 4.41. The summed E-state index contributed by atoms with van der Waals surface area (Å²) in [7, 11) is -2.27. The molecular weight excluding hydrogens is 465 g/mol. The first-order valence-corrected chi connectivity index (χ1v) is 12.7. The van der Waals surface area contributed by atoms with Gasteiger partial charge in [-0.1, -0.05) is 18.2 Å². The molecule has 2 heterocycles. The van der Waals surface area contributed by atoms with Crippen molar-refractivity contribution < 1.29 is 22.3 Å². The summed E-state index contributed by atoms with van der Waals surface area (Å²) >= 11 is 1.10. The van der Waals surface area contributed by atoms with Crippen LogP contribution in [0.5, 0.6) is 5.75 Å². The van der Waals surface area contributed by atoms with E-state index in [2.05, 4.69) is 5.32 Å². The van der Waals surface area contributed by atoms with Gasteiger partial charge >= 0.3 is 0 Å². The predicted molar refractivity (Wildman–Crippen MR) is 126 cm³/mol. The van der Waals surface area contributed by atoms with Crippen molar-refractivity contribution in [2.24, 2.45) is 0 Å². The molecule has 1 fully saturated rings. The summed E-state index contributed by atoms with van der Waals surface area (Å²) < 4.78 is 46.5. The Labute approximate surface area is 196 Å². The fourth-order valence-electron chi connectivity index (χ4n) is 3.75. The standard InChI is InChI=1S/C23H24FN3O4S2/c1-31-20-5-3-2-4-17(20)16-25-23(28)22-21(10-15-32-22)33(29,30)27-13-11-26(12-14-27)19-8-6-18(24)7-9-19/h2-10,15H,11-14,16H2,1H3,(H,25,28). The molecule has 0 aliphatic carbocycles. The average molecular weight is 490 g/mol. The Hall–Kier alpha value is -2.95. The van der Waals surface area contributed by atoms with Crippen LogP contribution in [0.2, 0.25) is 0 Å². The van der Waals surface area contributed by atoms with E-state index in [4.69, 9.17) is 4.74 Å². The van der Waals surface area contributed by atoms with E-state index in [0.717, 1.165) is 22.6 Å². The number of sulfonamides is 1. The topological polar surface area (TPSA) is 78.9 Å². The number of hydrogen-bond donors (Lipinski definition) is 1. The number of carbonyl (C=O) groups excluding carboxylic acids is 1. The van der Waals surface area contributed by atoms with Crippen molar-refractivity contribution in [3.63, 3.8) is 0 Å². The fraction of sp³-hybridized carbons (Fsp3) is 0.261. The van der Waals surface area contributed by atoms with E-state index < -0.39 is 15.9 Å². The summed E-state index contributed by atoms with van der Waals surface area (Å²) in [6.07, 6.45) is 0. The lowest BCUT2D eigenvalue weighted by Crippen LogP contribution is -2.48. The number of para-hydroxylation sites is 1. The van der Waals surface area contributed by atoms with Gasteiger partial charge in [0.25, 0.3) is 5.91 Å². The molecule has 0 spiro atoms. The van der Waals surface area contributed by atoms with Gasteiger partial charge in [0.05, 0.1) is 7.11 Å². The minimum atomic E-state index is -3.83. The van der Waals surface area contributed by atoms with Gasteiger partial charge in [-0.15, -0.1) is 11.3 Å². The normalized spacial score (nSPS) is 14.8. The van der Waals surface area contributed by atoms with E-state index in [1.165, 1.54) is 22.5 Å². The minimum absolute atomic E-state index is 0.0141. The van der Waals surface area contributed by atoms with Crippen LogP contribution < -0.4 is 15.0 Å². The van der Waals surface area contributed by atoms with Gasteiger partial charge in [-0.25, -0.2) is 12.8 Å². The van der Waals surface area contributed by atoms with Gasteiger partial charge in [-0.2, -0.15) is 4.31 Å². The SMILES string of the molecule is COc1ccccc1CNC(=O)c1sccc1S(=O)(=O)N1CCN(c2ccc(F)cc2)CC1. The van der Waals surface area contributed by atoms with Gasteiger partial charge in [0.2, 0.25) is 10.0 Å². The molecule has 1 saturated heterocycles. The highest BCUT2D eigenvalue weighted by atomic mass is 32.2. The zero-order valence-electron chi connectivity index (χ0n) is 18.0. The number of rotatable bonds is 7. The second-order valence-corrected chi connectivity index (χ2v) is 10.3. The van der Waals surface area contributed by atoms with Crippen LogP contribution in [-0.4, -0.2) is 51.9 Å². The van der Waals surface area contributed by atoms with Crippen molar-refractivity contribution in [2.75, 3.05) is 38.2 Å². The molecule has 1 amide bonds. The van der Waals surface area contributed by atoms with Crippen LogP contribution >= 0.6 is 11.3 Å². The summed E-state index contributed by atoms with van der Waals surface area (Å²) in [4.78, 5) is 15.0. The zero-order valence-corrected chi connectivity index (χ0v) is 19.7. The van der Waals surface area contributed by atoms with Gasteiger partial charge < -0.3 is 15.0 Å². The lowest BCUT2D eigenvalue weighted by molar-refractivity contribution is 0.0951. The number of amides is 1. The lowest BCUT2D eigenvalue weighted by atomic mass is 10.2. The van der Waals surface area contributed by atoms with E-state index >= 15 is 0 Å². The maximum atomic E-state index is 13.3. The molecule has 0 bridgehead atoms. The maximum absolute atomic E-state index is 13.3. The average Bonchev–Trinajstić information content (AvgIpc) is 3.34. The summed E-state index contributed by atoms with van der Waals surface area (Å²) in [5.74, 6) is -0.107. The van der Waals surface area contributed by atoms with E-state index in [1.807, 2.05) is 23.1 Å². The van der Waals surface area contributed by atoms with E-state index in [1.54, 1.807) is 30.7 Å². The highest BCUT2D eigenvalue weighted by Gasteiger charge is 2.32. The van der Waals surface area contributed by atoms with Crippen LogP contribution in [0.25, 0.3) is 0 Å². The second-order valence-electron chi connectivity index (χ2n) is 7.48. The smallest absolute Gasteiger partial charge is 0.263 e. The molecule has 174 valence electrons. The molecule has 3 aromatic rings. The van der Waals surface area contributed by atoms with Gasteiger partial charge in [0, 0.05) is 44.0 Å². The van der Waals surface area contributed by atoms with Crippen molar-refractivity contribution in [3.05, 3.63) is 76.2 Å². The Morgan fingerprint density at radius 2 is 1.76 bits per heavy atom. The van der Waals surface area contributed by atoms with E-state index in [0.29, 0.717) is 18.8 Å². The number of thiophene rings is 1. The fourth-order valence-corrected chi connectivity index (χ4v) is 6.49. The molecule has 0 atom stereocenters. The molecule has 0 radical (unpaired) electrons. The first-order valence-electron chi connectivity index (χ1n) is 10.4. The number of nitrogens with one attached hydrogen (secondary N) is 1. The van der Waals surface area contributed by atoms with Crippen molar-refractivity contribution in [1.82, 2.24) is 9.62 Å². The van der Waals surface area contributed by atoms with Gasteiger partial charge in [0.15, 0.2) is 0 Å². The number of anilines is 1. The van der Waals surface area contributed by atoms with Gasteiger partial charge in [0.1, 0.15) is 21.3 Å². The zero-order chi connectivity index (χ0) is 23.4. The molecule has 1 aromatic heterocycles. The number of nitrogens with zero attached hydrogens (tertiary/aromatic N) is 2. The number of carbonyl (C=O) groups is 1. The highest BCUT2D eigenvalue weighted by Crippen LogP contribution is 2.27. The predicted octanol–water partition coefficient (Wildman–Crippen LogP) is 3.34. The van der Waals surface area contributed by atoms with Crippen LogP contribution in [0, 0.1) is 5.82 Å². The first kappa shape index (κ1) is 23.2. The molecule has 1 aliphatic rings. The van der Waals surface area contributed by atoms with Crippen LogP contribution in [0.1, 0.15) is 15.2 Å². The Morgan fingerprint density at radius 1 is 1.06 bits per heavy atom. The van der Waals surface area contributed by atoms with E-state index in [9.17, 15) is 17.6 Å². The Balaban J connectivity index is 1.44. The Kier molecular flexibility index (Phi) is 6.96. The van der Waals surface area contributed by atoms with Crippen molar-refractivity contribution in [1.29, 1.82) is 0 Å². The third-order valence-corrected chi connectivity index (χ3v) is 8.50. The maximum Gasteiger partial charge on any atom is 0.263 e. The molecule has 2 aromatic carbocycles. The Morgan fingerprint density at radius 3 is 2.45 bits per heavy atom. The molecule has 1 N–H and O–H groups in total. The molecule has 0 saturated carbocycles. The number of methoxy groups -OCH3 is 1. The van der Waals surface area contributed by atoms with Crippen molar-refractivity contribution in [3.8, 4) is 5.75 Å². The first-order chi connectivity index (χ1) is 15.9. The number of halogens is 1. The molecule has 4 rings (SSSR count). The van der Waals surface area contributed by atoms with Gasteiger partial charge in [-0.05, 0) is 41.8 Å². The van der Waals surface area contributed by atoms with Crippen molar-refractivity contribution in [2.45, 2.75) is 11.4 Å². The highest BCUT2D eigenvalue weighted by molar-refractivity contribution is 7.89. The monoisotopic (exact) mass is 489 g/mol. The van der Waals surface area contributed by atoms with Crippen LogP contribution in [0.15, 0.2) is 64.9 Å². The van der Waals surface area contributed by atoms with Crippen LogP contribution in [0.3, 0.4) is 0 Å². The molecule has 10 heteroatoms. The number of hydrogen-bond acceptors (Lipinski definition) is 6. The number of benzene rings is 2. The summed E-state index contributed by atoms with van der Waals surface area (Å²) in [5.41, 5.74) is 1.65. The third kappa shape index (κ3) is 5.02. The number of ether oxygens (including phenoxy) is 1. The molecule has 1 aliphatic heterocycles. The molecule has 33 heavy (non-hydrogen) atoms. The third-order valence-electron chi connectivity index (χ3n) is 5.52. The quantitative estimate of drug-likeness (QED) is 0.551. The number of piperazine rings is 1. The Bertz CT molecular complexity index is 1220. The summed E-state index contributed by atoms with van der Waals surface area (Å²) in [6, 6.07) is 14.9. The largest absolute Gasteiger partial charge is 0.496 e. The summed E-state index contributed by atoms with van der Waals surface area (Å²) in [6.45, 7) is 1.72. The van der Waals surface area contributed by atoms with Crippen LogP contribution in [0.4, 0.5) is 10.1 Å². The molecule has 7 nitrogen and oxygen atoms in total. The van der Waals surface area contributed by atoms with Crippen molar-refractivity contribution >= 4 is 33.0 Å². The lowest BCUT2D eigenvalue weighted by Gasteiger charge is -2.35. The molecule has 0 unspecified atom stereocenters. The molecular formula is C23H24FN3O4S2. The van der Waals surface area contributed by atoms with E-state index in [-0.39, 0.29) is 35.2 Å². The minimum Gasteiger partial charge on any atom is -0.496 e.